The van der Waals surface area contributed by atoms with Gasteiger partial charge in [-0.15, -0.1) is 0 Å². The maximum Gasteiger partial charge on any atom is 0.312 e. The van der Waals surface area contributed by atoms with Gasteiger partial charge in [0.05, 0.1) is 4.92 Å². The lowest BCUT2D eigenvalue weighted by Crippen LogP contribution is -2.31. The van der Waals surface area contributed by atoms with Crippen LogP contribution in [0.25, 0.3) is 0 Å². The van der Waals surface area contributed by atoms with Gasteiger partial charge in [0.1, 0.15) is 5.75 Å². The van der Waals surface area contributed by atoms with Crippen molar-refractivity contribution >= 4 is 23.0 Å². The van der Waals surface area contributed by atoms with Gasteiger partial charge in [-0.2, -0.15) is 0 Å². The van der Waals surface area contributed by atoms with E-state index in [2.05, 4.69) is 29.2 Å². The van der Waals surface area contributed by atoms with Crippen LogP contribution in [-0.4, -0.2) is 49.0 Å². The highest BCUT2D eigenvalue weighted by molar-refractivity contribution is 6.04. The van der Waals surface area contributed by atoms with Crippen LogP contribution in [0.3, 0.4) is 0 Å². The van der Waals surface area contributed by atoms with Crippen molar-refractivity contribution in [3.05, 3.63) is 88.5 Å². The van der Waals surface area contributed by atoms with E-state index in [4.69, 9.17) is 4.74 Å². The summed E-state index contributed by atoms with van der Waals surface area (Å²) in [5, 5.41) is 14.4. The first-order chi connectivity index (χ1) is 15.9. The van der Waals surface area contributed by atoms with Crippen molar-refractivity contribution in [2.24, 2.45) is 0 Å². The Balaban J connectivity index is 1.45. The number of ether oxygens (including phenoxy) is 1. The van der Waals surface area contributed by atoms with Gasteiger partial charge in [-0.05, 0) is 69.0 Å². The summed E-state index contributed by atoms with van der Waals surface area (Å²) in [7, 11) is 4.19. The third-order valence-corrected chi connectivity index (χ3v) is 5.77. The summed E-state index contributed by atoms with van der Waals surface area (Å²) >= 11 is 0. The minimum atomic E-state index is -0.555. The largest absolute Gasteiger partial charge is 0.450 e. The summed E-state index contributed by atoms with van der Waals surface area (Å²) in [5.41, 5.74) is 1.64. The monoisotopic (exact) mass is 446 g/mol. The summed E-state index contributed by atoms with van der Waals surface area (Å²) in [6.45, 7) is 1.97. The molecule has 0 aliphatic carbocycles. The number of likely N-dealkylation sites (N-methyl/N-ethyl adjacent to an activating group) is 1. The number of nitrogens with one attached hydrogen (secondary N) is 1. The highest BCUT2D eigenvalue weighted by Crippen LogP contribution is 2.32. The van der Waals surface area contributed by atoms with Gasteiger partial charge in [0.15, 0.2) is 0 Å². The number of nitro benzene ring substituents is 1. The fourth-order valence-electron chi connectivity index (χ4n) is 3.86. The maximum absolute atomic E-state index is 12.7. The van der Waals surface area contributed by atoms with Crippen LogP contribution in [0.2, 0.25) is 0 Å². The summed E-state index contributed by atoms with van der Waals surface area (Å²) in [6.07, 6.45) is 1.12. The van der Waals surface area contributed by atoms with Crippen molar-refractivity contribution in [2.75, 3.05) is 37.4 Å². The first kappa shape index (κ1) is 22.3. The lowest BCUT2D eigenvalue weighted by Gasteiger charge is -2.22. The molecule has 1 N–H and O–H groups in total. The number of para-hydroxylation sites is 1. The molecule has 4 rings (SSSR count). The molecule has 33 heavy (non-hydrogen) atoms. The number of anilines is 2. The second-order valence-electron chi connectivity index (χ2n) is 8.21. The van der Waals surface area contributed by atoms with Gasteiger partial charge < -0.3 is 19.9 Å². The van der Waals surface area contributed by atoms with Crippen molar-refractivity contribution < 1.29 is 14.5 Å². The number of hydrogen-bond donors (Lipinski definition) is 1. The molecule has 3 aromatic rings. The highest BCUT2D eigenvalue weighted by atomic mass is 16.6. The van der Waals surface area contributed by atoms with E-state index in [-0.39, 0.29) is 17.0 Å². The Bertz CT molecular complexity index is 1130. The van der Waals surface area contributed by atoms with Gasteiger partial charge in [0.2, 0.25) is 5.75 Å². The quantitative estimate of drug-likeness (QED) is 0.415. The van der Waals surface area contributed by atoms with E-state index in [9.17, 15) is 14.9 Å². The molecule has 0 bridgehead atoms. The van der Waals surface area contributed by atoms with Gasteiger partial charge in [-0.1, -0.05) is 18.2 Å². The van der Waals surface area contributed by atoms with Gasteiger partial charge in [-0.3, -0.25) is 14.9 Å². The predicted octanol–water partition coefficient (Wildman–Crippen LogP) is 4.78. The van der Waals surface area contributed by atoms with Gasteiger partial charge in [-0.25, -0.2) is 0 Å². The zero-order valence-electron chi connectivity index (χ0n) is 18.6. The number of carbonyl (C=O) groups excluding carboxylic acids is 1. The smallest absolute Gasteiger partial charge is 0.312 e. The third kappa shape index (κ3) is 5.30. The van der Waals surface area contributed by atoms with Crippen LogP contribution in [0, 0.1) is 10.1 Å². The predicted molar refractivity (Wildman–Crippen MR) is 128 cm³/mol. The Kier molecular flexibility index (Phi) is 6.55. The molecule has 1 saturated heterocycles. The van der Waals surface area contributed by atoms with Crippen LogP contribution in [-0.2, 0) is 0 Å². The summed E-state index contributed by atoms with van der Waals surface area (Å²) in [5.74, 6) is 0.132. The lowest BCUT2D eigenvalue weighted by atomic mass is 10.1. The molecule has 0 spiro atoms. The SMILES string of the molecule is CN(C)C1CCN(c2ccc(NC(=O)c3ccc(Oc4ccccc4)c([N+](=O)[O-])c3)cc2)C1. The fraction of sp³-hybridized carbons (Fsp3) is 0.240. The van der Waals surface area contributed by atoms with E-state index in [0.29, 0.717) is 17.5 Å². The molecule has 1 aliphatic rings. The standard InChI is InChI=1S/C25H26N4O4/c1-27(2)21-14-15-28(17-21)20-11-9-19(10-12-20)26-25(30)18-8-13-24(23(16-18)29(31)32)33-22-6-4-3-5-7-22/h3-13,16,21H,14-15,17H2,1-2H3,(H,26,30). The van der Waals surface area contributed by atoms with E-state index in [1.807, 2.05) is 30.3 Å². The van der Waals surface area contributed by atoms with Crippen LogP contribution in [0.15, 0.2) is 72.8 Å². The van der Waals surface area contributed by atoms with Crippen LogP contribution < -0.4 is 15.0 Å². The van der Waals surface area contributed by atoms with E-state index < -0.39 is 10.8 Å². The molecule has 1 amide bonds. The summed E-state index contributed by atoms with van der Waals surface area (Å²) < 4.78 is 5.63. The van der Waals surface area contributed by atoms with Crippen LogP contribution in [0.1, 0.15) is 16.8 Å². The molecule has 1 aliphatic heterocycles. The molecule has 1 atom stereocenters. The van der Waals surface area contributed by atoms with Crippen LogP contribution >= 0.6 is 0 Å². The minimum absolute atomic E-state index is 0.0775. The zero-order valence-corrected chi connectivity index (χ0v) is 18.6. The Labute approximate surface area is 192 Å². The Morgan fingerprint density at radius 1 is 1.09 bits per heavy atom. The van der Waals surface area contributed by atoms with Crippen molar-refractivity contribution in [1.29, 1.82) is 0 Å². The molecular formula is C25H26N4O4. The number of benzene rings is 3. The van der Waals surface area contributed by atoms with E-state index >= 15 is 0 Å². The van der Waals surface area contributed by atoms with Gasteiger partial charge >= 0.3 is 5.69 Å². The summed E-state index contributed by atoms with van der Waals surface area (Å²) in [4.78, 5) is 28.3. The molecule has 0 saturated carbocycles. The summed E-state index contributed by atoms with van der Waals surface area (Å²) in [6, 6.07) is 21.2. The molecule has 3 aromatic carbocycles. The van der Waals surface area contributed by atoms with Gasteiger partial charge in [0, 0.05) is 42.1 Å². The number of hydrogen-bond acceptors (Lipinski definition) is 6. The van der Waals surface area contributed by atoms with Crippen molar-refractivity contribution in [2.45, 2.75) is 12.5 Å². The average Bonchev–Trinajstić information content (AvgIpc) is 3.31. The number of nitrogens with zero attached hydrogens (tertiary/aromatic N) is 3. The maximum atomic E-state index is 12.7. The topological polar surface area (TPSA) is 88.0 Å². The molecule has 0 radical (unpaired) electrons. The molecule has 0 aromatic heterocycles. The number of rotatable bonds is 7. The van der Waals surface area contributed by atoms with E-state index in [1.165, 1.54) is 18.2 Å². The van der Waals surface area contributed by atoms with E-state index in [0.717, 1.165) is 25.2 Å². The Morgan fingerprint density at radius 3 is 2.45 bits per heavy atom. The molecule has 1 fully saturated rings. The minimum Gasteiger partial charge on any atom is -0.450 e. The van der Waals surface area contributed by atoms with Crippen molar-refractivity contribution in [3.8, 4) is 11.5 Å². The second kappa shape index (κ2) is 9.70. The molecule has 8 nitrogen and oxygen atoms in total. The normalized spacial score (nSPS) is 15.5. The zero-order chi connectivity index (χ0) is 23.4. The molecule has 1 unspecified atom stereocenters. The van der Waals surface area contributed by atoms with Crippen LogP contribution in [0.5, 0.6) is 11.5 Å². The lowest BCUT2D eigenvalue weighted by molar-refractivity contribution is -0.385. The van der Waals surface area contributed by atoms with Crippen LogP contribution in [0.4, 0.5) is 17.1 Å². The van der Waals surface area contributed by atoms with Crippen molar-refractivity contribution in [3.63, 3.8) is 0 Å². The van der Waals surface area contributed by atoms with Gasteiger partial charge in [0.25, 0.3) is 5.91 Å². The van der Waals surface area contributed by atoms with Crippen molar-refractivity contribution in [1.82, 2.24) is 4.90 Å². The first-order valence-electron chi connectivity index (χ1n) is 10.7. The molecular weight excluding hydrogens is 420 g/mol. The first-order valence-corrected chi connectivity index (χ1v) is 10.7. The Hall–Kier alpha value is -3.91. The molecule has 8 heteroatoms. The number of carbonyl (C=O) groups is 1. The van der Waals surface area contributed by atoms with E-state index in [1.54, 1.807) is 24.3 Å². The molecule has 1 heterocycles. The molecule has 170 valence electrons. The Morgan fingerprint density at radius 2 is 1.82 bits per heavy atom. The second-order valence-corrected chi connectivity index (χ2v) is 8.21. The fourth-order valence-corrected chi connectivity index (χ4v) is 3.86. The number of nitro groups is 1. The number of amides is 1. The third-order valence-electron chi connectivity index (χ3n) is 5.77. The highest BCUT2D eigenvalue weighted by Gasteiger charge is 2.24. The average molecular weight is 447 g/mol.